The molecule has 7 heteroatoms. The largest absolute Gasteiger partial charge is 0.481 e. The van der Waals surface area contributed by atoms with Crippen LogP contribution in [-0.4, -0.2) is 53.0 Å². The highest BCUT2D eigenvalue weighted by molar-refractivity contribution is 6.04. The fourth-order valence-corrected chi connectivity index (χ4v) is 4.56. The number of hydrogen-bond donors (Lipinski definition) is 4. The summed E-state index contributed by atoms with van der Waals surface area (Å²) >= 11 is 0. The predicted molar refractivity (Wildman–Crippen MR) is 87.7 cm³/mol. The number of aliphatic imine (C=N–C) groups is 2. The summed E-state index contributed by atoms with van der Waals surface area (Å²) in [4.78, 5) is 20.9. The van der Waals surface area contributed by atoms with Gasteiger partial charge in [0.2, 0.25) is 0 Å². The van der Waals surface area contributed by atoms with Crippen LogP contribution in [0.4, 0.5) is 0 Å². The topological polar surface area (TPSA) is 112 Å². The molecule has 2 fully saturated rings. The van der Waals surface area contributed by atoms with Gasteiger partial charge in [-0.05, 0) is 32.1 Å². The van der Waals surface area contributed by atoms with Gasteiger partial charge in [0.05, 0.1) is 36.5 Å². The van der Waals surface area contributed by atoms with Gasteiger partial charge in [-0.1, -0.05) is 6.42 Å². The van der Waals surface area contributed by atoms with Crippen molar-refractivity contribution in [2.45, 2.75) is 75.2 Å². The van der Waals surface area contributed by atoms with Crippen LogP contribution in [0.15, 0.2) is 9.98 Å². The monoisotopic (exact) mass is 319 g/mol. The first-order valence-corrected chi connectivity index (χ1v) is 8.76. The van der Waals surface area contributed by atoms with E-state index in [1.807, 2.05) is 0 Å². The molecule has 0 spiro atoms. The third kappa shape index (κ3) is 2.71. The molecule has 0 aromatic heterocycles. The van der Waals surface area contributed by atoms with E-state index in [1.165, 1.54) is 0 Å². The Morgan fingerprint density at radius 3 is 2.30 bits per heavy atom. The Kier molecular flexibility index (Phi) is 3.75. The van der Waals surface area contributed by atoms with Gasteiger partial charge in [-0.15, -0.1) is 0 Å². The summed E-state index contributed by atoms with van der Waals surface area (Å²) < 4.78 is 0. The average molecular weight is 319 g/mol. The number of hydrogen-bond acceptors (Lipinski definition) is 6. The zero-order valence-electron chi connectivity index (χ0n) is 13.2. The van der Waals surface area contributed by atoms with E-state index < -0.39 is 5.97 Å². The number of carbonyl (C=O) groups is 1. The molecule has 0 saturated heterocycles. The molecule has 0 radical (unpaired) electrons. The molecule has 23 heavy (non-hydrogen) atoms. The van der Waals surface area contributed by atoms with E-state index in [4.69, 9.17) is 10.7 Å². The van der Waals surface area contributed by atoms with Gasteiger partial charge in [-0.25, -0.2) is 0 Å². The first-order valence-electron chi connectivity index (χ1n) is 8.76. The van der Waals surface area contributed by atoms with Crippen molar-refractivity contribution < 1.29 is 9.90 Å². The van der Waals surface area contributed by atoms with Gasteiger partial charge < -0.3 is 21.5 Å². The lowest BCUT2D eigenvalue weighted by atomic mass is 9.82. The molecule has 5 N–H and O–H groups in total. The molecule has 4 rings (SSSR count). The third-order valence-corrected chi connectivity index (χ3v) is 5.72. The SMILES string of the molecule is NC1CCCC2NC(CC3=NC4C(CCCC4C(=O)O)N3)=NC12. The zero-order valence-corrected chi connectivity index (χ0v) is 13.2. The van der Waals surface area contributed by atoms with Crippen LogP contribution < -0.4 is 16.4 Å². The normalized spacial score (nSPS) is 42.0. The minimum absolute atomic E-state index is 0.122. The van der Waals surface area contributed by atoms with Crippen LogP contribution in [0.2, 0.25) is 0 Å². The summed E-state index contributed by atoms with van der Waals surface area (Å²) in [5, 5.41) is 16.3. The highest BCUT2D eigenvalue weighted by atomic mass is 16.4. The van der Waals surface area contributed by atoms with E-state index in [2.05, 4.69) is 15.6 Å². The zero-order chi connectivity index (χ0) is 16.0. The Labute approximate surface area is 135 Å². The van der Waals surface area contributed by atoms with Crippen LogP contribution in [0.5, 0.6) is 0 Å². The van der Waals surface area contributed by atoms with Gasteiger partial charge in [-0.3, -0.25) is 14.8 Å². The number of nitrogens with two attached hydrogens (primary N) is 1. The number of carboxylic acids is 1. The molecule has 0 aromatic carbocycles. The van der Waals surface area contributed by atoms with Gasteiger partial charge in [0.15, 0.2) is 0 Å². The van der Waals surface area contributed by atoms with E-state index in [-0.39, 0.29) is 30.1 Å². The van der Waals surface area contributed by atoms with Crippen molar-refractivity contribution in [3.05, 3.63) is 0 Å². The molecule has 126 valence electrons. The maximum absolute atomic E-state index is 11.4. The summed E-state index contributed by atoms with van der Waals surface area (Å²) in [5.41, 5.74) is 6.18. The molecule has 0 aromatic rings. The van der Waals surface area contributed by atoms with Crippen molar-refractivity contribution in [2.24, 2.45) is 21.6 Å². The number of nitrogens with one attached hydrogen (secondary N) is 2. The van der Waals surface area contributed by atoms with Gasteiger partial charge >= 0.3 is 5.97 Å². The van der Waals surface area contributed by atoms with E-state index >= 15 is 0 Å². The number of rotatable bonds is 3. The number of nitrogens with zero attached hydrogens (tertiary/aromatic N) is 2. The van der Waals surface area contributed by atoms with Crippen LogP contribution >= 0.6 is 0 Å². The maximum Gasteiger partial charge on any atom is 0.308 e. The van der Waals surface area contributed by atoms with Crippen molar-refractivity contribution in [2.75, 3.05) is 0 Å². The standard InChI is InChI=1S/C16H25N5O2/c17-9-4-2-6-11-15(9)21-13(19-11)7-12-18-10-5-1-3-8(16(22)23)14(10)20-12/h8-11,14-15H,1-7,17H2,(H,18,20)(H,19,21)(H,22,23). The molecular formula is C16H25N5O2. The Balaban J connectivity index is 1.45. The Morgan fingerprint density at radius 2 is 1.65 bits per heavy atom. The molecular weight excluding hydrogens is 294 g/mol. The number of amidine groups is 2. The molecule has 7 nitrogen and oxygen atoms in total. The highest BCUT2D eigenvalue weighted by Crippen LogP contribution is 2.31. The predicted octanol–water partition coefficient (Wildman–Crippen LogP) is 0.250. The molecule has 4 aliphatic rings. The molecule has 6 unspecified atom stereocenters. The van der Waals surface area contributed by atoms with Crippen LogP contribution in [0.25, 0.3) is 0 Å². The van der Waals surface area contributed by atoms with Crippen molar-refractivity contribution in [1.29, 1.82) is 0 Å². The number of carboxylic acid groups (broad SMARTS) is 1. The van der Waals surface area contributed by atoms with Crippen molar-refractivity contribution in [3.63, 3.8) is 0 Å². The van der Waals surface area contributed by atoms with Crippen LogP contribution in [0, 0.1) is 5.92 Å². The molecule has 6 atom stereocenters. The van der Waals surface area contributed by atoms with Crippen LogP contribution in [-0.2, 0) is 4.79 Å². The quantitative estimate of drug-likeness (QED) is 0.596. The van der Waals surface area contributed by atoms with Gasteiger partial charge in [0.25, 0.3) is 0 Å². The molecule has 2 aliphatic heterocycles. The van der Waals surface area contributed by atoms with Crippen molar-refractivity contribution in [1.82, 2.24) is 10.6 Å². The Hall–Kier alpha value is -1.63. The van der Waals surface area contributed by atoms with Gasteiger partial charge in [0, 0.05) is 6.04 Å². The third-order valence-electron chi connectivity index (χ3n) is 5.72. The maximum atomic E-state index is 11.4. The van der Waals surface area contributed by atoms with Crippen molar-refractivity contribution >= 4 is 17.6 Å². The minimum Gasteiger partial charge on any atom is -0.481 e. The fraction of sp³-hybridized carbons (Fsp3) is 0.812. The summed E-state index contributed by atoms with van der Waals surface area (Å²) in [5.74, 6) is 0.758. The lowest BCUT2D eigenvalue weighted by Gasteiger charge is -2.29. The lowest BCUT2D eigenvalue weighted by molar-refractivity contribution is -0.143. The summed E-state index contributed by atoms with van der Waals surface area (Å²) in [6.45, 7) is 0. The molecule has 0 amide bonds. The average Bonchev–Trinajstić information content (AvgIpc) is 3.10. The van der Waals surface area contributed by atoms with Gasteiger partial charge in [-0.2, -0.15) is 0 Å². The molecule has 0 bridgehead atoms. The lowest BCUT2D eigenvalue weighted by Crippen LogP contribution is -2.48. The molecule has 2 saturated carbocycles. The molecule has 2 heterocycles. The van der Waals surface area contributed by atoms with E-state index in [0.29, 0.717) is 12.5 Å². The first kappa shape index (κ1) is 14.9. The second-order valence-electron chi connectivity index (χ2n) is 7.28. The highest BCUT2D eigenvalue weighted by Gasteiger charge is 2.42. The van der Waals surface area contributed by atoms with Crippen LogP contribution in [0.3, 0.4) is 0 Å². The fourth-order valence-electron chi connectivity index (χ4n) is 4.56. The number of aliphatic carboxylic acids is 1. The molecule has 2 aliphatic carbocycles. The van der Waals surface area contributed by atoms with Crippen LogP contribution in [0.1, 0.15) is 44.9 Å². The Morgan fingerprint density at radius 1 is 1.04 bits per heavy atom. The smallest absolute Gasteiger partial charge is 0.308 e. The second-order valence-corrected chi connectivity index (χ2v) is 7.28. The number of fused-ring (bicyclic) bond motifs is 2. The van der Waals surface area contributed by atoms with Crippen molar-refractivity contribution in [3.8, 4) is 0 Å². The summed E-state index contributed by atoms with van der Waals surface area (Å²) in [6.07, 6.45) is 6.64. The first-order chi connectivity index (χ1) is 11.1. The second kappa shape index (κ2) is 5.78. The van der Waals surface area contributed by atoms with E-state index in [0.717, 1.165) is 50.2 Å². The van der Waals surface area contributed by atoms with E-state index in [1.54, 1.807) is 0 Å². The summed E-state index contributed by atoms with van der Waals surface area (Å²) in [6, 6.07) is 0.755. The minimum atomic E-state index is -0.722. The Bertz CT molecular complexity index is 561. The summed E-state index contributed by atoms with van der Waals surface area (Å²) in [7, 11) is 0. The van der Waals surface area contributed by atoms with Gasteiger partial charge in [0.1, 0.15) is 11.7 Å². The van der Waals surface area contributed by atoms with E-state index in [9.17, 15) is 9.90 Å².